The standard InChI is InChI=1S/C20H23ClN2O3/c1-25-17-8-5-15(11-18(17)26-2)20(9-10-20)13-23-19(24)22-12-14-3-6-16(21)7-4-14/h3-8,11H,9-10,12-13H2,1-2H3,(H2,22,23,24). The SMILES string of the molecule is COc1ccc(C2(CNC(=O)NCc3ccc(Cl)cc3)CC2)cc1OC. The second kappa shape index (κ2) is 7.87. The molecule has 0 saturated heterocycles. The number of halogens is 1. The Labute approximate surface area is 158 Å². The van der Waals surface area contributed by atoms with E-state index in [1.165, 1.54) is 0 Å². The maximum atomic E-state index is 12.1. The lowest BCUT2D eigenvalue weighted by Crippen LogP contribution is -2.39. The molecule has 0 atom stereocenters. The van der Waals surface area contributed by atoms with Crippen LogP contribution in [0.1, 0.15) is 24.0 Å². The molecule has 26 heavy (non-hydrogen) atoms. The summed E-state index contributed by atoms with van der Waals surface area (Å²) >= 11 is 5.86. The van der Waals surface area contributed by atoms with E-state index in [0.29, 0.717) is 29.6 Å². The van der Waals surface area contributed by atoms with Gasteiger partial charge in [0, 0.05) is 23.5 Å². The summed E-state index contributed by atoms with van der Waals surface area (Å²) in [5, 5.41) is 6.54. The van der Waals surface area contributed by atoms with Gasteiger partial charge in [-0.25, -0.2) is 4.79 Å². The monoisotopic (exact) mass is 374 g/mol. The molecule has 2 amide bonds. The molecule has 0 heterocycles. The normalized spacial score (nSPS) is 14.4. The largest absolute Gasteiger partial charge is 0.493 e. The number of rotatable bonds is 7. The summed E-state index contributed by atoms with van der Waals surface area (Å²) in [6.45, 7) is 1.06. The summed E-state index contributed by atoms with van der Waals surface area (Å²) in [5.41, 5.74) is 2.15. The molecule has 1 aliphatic carbocycles. The predicted octanol–water partition coefficient (Wildman–Crippen LogP) is 3.89. The van der Waals surface area contributed by atoms with Crippen molar-refractivity contribution in [2.45, 2.75) is 24.8 Å². The summed E-state index contributed by atoms with van der Waals surface area (Å²) in [6, 6.07) is 13.2. The van der Waals surface area contributed by atoms with E-state index in [2.05, 4.69) is 10.6 Å². The predicted molar refractivity (Wildman–Crippen MR) is 102 cm³/mol. The fourth-order valence-corrected chi connectivity index (χ4v) is 3.11. The van der Waals surface area contributed by atoms with Gasteiger partial charge < -0.3 is 20.1 Å². The number of hydrogen-bond acceptors (Lipinski definition) is 3. The number of urea groups is 1. The number of hydrogen-bond donors (Lipinski definition) is 2. The zero-order chi connectivity index (χ0) is 18.6. The van der Waals surface area contributed by atoms with Crippen LogP contribution in [0.5, 0.6) is 11.5 Å². The Kier molecular flexibility index (Phi) is 5.57. The molecule has 1 aliphatic rings. The van der Waals surface area contributed by atoms with Crippen molar-refractivity contribution in [3.8, 4) is 11.5 Å². The minimum atomic E-state index is -0.174. The van der Waals surface area contributed by atoms with Gasteiger partial charge in [-0.3, -0.25) is 0 Å². The lowest BCUT2D eigenvalue weighted by Gasteiger charge is -2.19. The third-order valence-electron chi connectivity index (χ3n) is 4.80. The van der Waals surface area contributed by atoms with Gasteiger partial charge in [-0.2, -0.15) is 0 Å². The molecule has 2 aromatic rings. The van der Waals surface area contributed by atoms with Crippen LogP contribution in [-0.4, -0.2) is 26.8 Å². The zero-order valence-corrected chi connectivity index (χ0v) is 15.7. The van der Waals surface area contributed by atoms with Crippen LogP contribution in [-0.2, 0) is 12.0 Å². The maximum absolute atomic E-state index is 12.1. The molecule has 2 N–H and O–H groups in total. The van der Waals surface area contributed by atoms with Crippen LogP contribution in [0.15, 0.2) is 42.5 Å². The highest BCUT2D eigenvalue weighted by Gasteiger charge is 2.44. The van der Waals surface area contributed by atoms with Gasteiger partial charge in [-0.15, -0.1) is 0 Å². The van der Waals surface area contributed by atoms with E-state index in [1.54, 1.807) is 14.2 Å². The van der Waals surface area contributed by atoms with E-state index < -0.39 is 0 Å². The van der Waals surface area contributed by atoms with Gasteiger partial charge in [0.05, 0.1) is 14.2 Å². The van der Waals surface area contributed by atoms with Crippen LogP contribution in [0, 0.1) is 0 Å². The van der Waals surface area contributed by atoms with Crippen molar-refractivity contribution >= 4 is 17.6 Å². The van der Waals surface area contributed by atoms with E-state index in [0.717, 1.165) is 24.0 Å². The van der Waals surface area contributed by atoms with Crippen LogP contribution in [0.4, 0.5) is 4.79 Å². The molecular weight excluding hydrogens is 352 g/mol. The van der Waals surface area contributed by atoms with E-state index in [1.807, 2.05) is 42.5 Å². The van der Waals surface area contributed by atoms with Crippen LogP contribution < -0.4 is 20.1 Å². The van der Waals surface area contributed by atoms with Gasteiger partial charge in [-0.1, -0.05) is 29.8 Å². The highest BCUT2D eigenvalue weighted by Crippen LogP contribution is 2.49. The zero-order valence-electron chi connectivity index (χ0n) is 15.0. The third kappa shape index (κ3) is 4.22. The summed E-state index contributed by atoms with van der Waals surface area (Å²) in [6.07, 6.45) is 2.08. The van der Waals surface area contributed by atoms with Gasteiger partial charge in [0.25, 0.3) is 0 Å². The molecule has 0 aliphatic heterocycles. The Morgan fingerprint density at radius 3 is 2.35 bits per heavy atom. The topological polar surface area (TPSA) is 59.6 Å². The molecule has 0 unspecified atom stereocenters. The van der Waals surface area contributed by atoms with Crippen molar-refractivity contribution in [2.24, 2.45) is 0 Å². The third-order valence-corrected chi connectivity index (χ3v) is 5.06. The summed E-state index contributed by atoms with van der Waals surface area (Å²) in [4.78, 5) is 12.1. The first-order chi connectivity index (χ1) is 12.6. The minimum absolute atomic E-state index is 0.0167. The molecule has 0 aromatic heterocycles. The van der Waals surface area contributed by atoms with Gasteiger partial charge in [0.15, 0.2) is 11.5 Å². The average Bonchev–Trinajstić information content (AvgIpc) is 3.46. The van der Waals surface area contributed by atoms with Crippen LogP contribution in [0.25, 0.3) is 0 Å². The highest BCUT2D eigenvalue weighted by molar-refractivity contribution is 6.30. The number of methoxy groups -OCH3 is 2. The number of carbonyl (C=O) groups is 1. The van der Waals surface area contributed by atoms with Crippen molar-refractivity contribution in [3.05, 3.63) is 58.6 Å². The molecule has 1 fully saturated rings. The average molecular weight is 375 g/mol. The molecular formula is C20H23ClN2O3. The van der Waals surface area contributed by atoms with E-state index >= 15 is 0 Å². The van der Waals surface area contributed by atoms with Crippen molar-refractivity contribution < 1.29 is 14.3 Å². The Balaban J connectivity index is 1.55. The highest BCUT2D eigenvalue weighted by atomic mass is 35.5. The van der Waals surface area contributed by atoms with Crippen molar-refractivity contribution in [1.29, 1.82) is 0 Å². The smallest absolute Gasteiger partial charge is 0.315 e. The first-order valence-electron chi connectivity index (χ1n) is 8.55. The van der Waals surface area contributed by atoms with Gasteiger partial charge in [-0.05, 0) is 48.2 Å². The molecule has 138 valence electrons. The Morgan fingerprint density at radius 1 is 1.04 bits per heavy atom. The number of nitrogens with one attached hydrogen (secondary N) is 2. The molecule has 5 nitrogen and oxygen atoms in total. The fraction of sp³-hybridized carbons (Fsp3) is 0.350. The lowest BCUT2D eigenvalue weighted by atomic mass is 9.95. The lowest BCUT2D eigenvalue weighted by molar-refractivity contribution is 0.239. The molecule has 3 rings (SSSR count). The van der Waals surface area contributed by atoms with E-state index in [4.69, 9.17) is 21.1 Å². The van der Waals surface area contributed by atoms with Crippen LogP contribution in [0.3, 0.4) is 0 Å². The summed E-state index contributed by atoms with van der Waals surface area (Å²) in [5.74, 6) is 1.42. The summed E-state index contributed by atoms with van der Waals surface area (Å²) in [7, 11) is 3.25. The second-order valence-electron chi connectivity index (χ2n) is 6.51. The van der Waals surface area contributed by atoms with Crippen molar-refractivity contribution in [1.82, 2.24) is 10.6 Å². The number of benzene rings is 2. The Morgan fingerprint density at radius 2 is 1.73 bits per heavy atom. The molecule has 0 radical (unpaired) electrons. The fourth-order valence-electron chi connectivity index (χ4n) is 2.98. The Hall–Kier alpha value is -2.40. The van der Waals surface area contributed by atoms with Gasteiger partial charge in [0.1, 0.15) is 0 Å². The van der Waals surface area contributed by atoms with E-state index in [-0.39, 0.29) is 11.4 Å². The van der Waals surface area contributed by atoms with E-state index in [9.17, 15) is 4.79 Å². The van der Waals surface area contributed by atoms with Gasteiger partial charge >= 0.3 is 6.03 Å². The number of carbonyl (C=O) groups excluding carboxylic acids is 1. The van der Waals surface area contributed by atoms with Crippen LogP contribution >= 0.6 is 11.6 Å². The van der Waals surface area contributed by atoms with Crippen LogP contribution in [0.2, 0.25) is 5.02 Å². The van der Waals surface area contributed by atoms with Crippen molar-refractivity contribution in [2.75, 3.05) is 20.8 Å². The second-order valence-corrected chi connectivity index (χ2v) is 6.95. The molecule has 0 bridgehead atoms. The maximum Gasteiger partial charge on any atom is 0.315 e. The quantitative estimate of drug-likeness (QED) is 0.773. The molecule has 0 spiro atoms. The number of amides is 2. The van der Waals surface area contributed by atoms with Crippen molar-refractivity contribution in [3.63, 3.8) is 0 Å². The first-order valence-corrected chi connectivity index (χ1v) is 8.93. The number of ether oxygens (including phenoxy) is 2. The Bertz CT molecular complexity index is 773. The minimum Gasteiger partial charge on any atom is -0.493 e. The molecule has 1 saturated carbocycles. The molecule has 6 heteroatoms. The first kappa shape index (κ1) is 18.4. The van der Waals surface area contributed by atoms with Gasteiger partial charge in [0.2, 0.25) is 0 Å². The summed E-state index contributed by atoms with van der Waals surface area (Å²) < 4.78 is 10.7. The molecule has 2 aromatic carbocycles.